The van der Waals surface area contributed by atoms with Crippen molar-refractivity contribution < 1.29 is 4.39 Å². The van der Waals surface area contributed by atoms with E-state index in [1.165, 1.54) is 12.1 Å². The Balaban J connectivity index is 2.98. The van der Waals surface area contributed by atoms with E-state index < -0.39 is 0 Å². The van der Waals surface area contributed by atoms with Gasteiger partial charge in [-0.15, -0.1) is 0 Å². The van der Waals surface area contributed by atoms with E-state index in [4.69, 9.17) is 11.0 Å². The fourth-order valence-electron chi connectivity index (χ4n) is 1.58. The molecule has 1 aromatic carbocycles. The smallest absolute Gasteiger partial charge is 0.123 e. The molecule has 0 aliphatic rings. The van der Waals surface area contributed by atoms with Crippen LogP contribution in [0.5, 0.6) is 0 Å². The molecular formula is C12H16FN3. The Hall–Kier alpha value is -1.60. The molecule has 0 aliphatic carbocycles. The monoisotopic (exact) mass is 221 g/mol. The van der Waals surface area contributed by atoms with Crippen molar-refractivity contribution in [3.05, 3.63) is 29.6 Å². The van der Waals surface area contributed by atoms with Crippen LogP contribution in [0.1, 0.15) is 24.9 Å². The molecule has 0 amide bonds. The maximum absolute atomic E-state index is 13.1. The molecule has 0 aromatic heterocycles. The molecule has 2 N–H and O–H groups in total. The second-order valence-electron chi connectivity index (χ2n) is 3.82. The van der Waals surface area contributed by atoms with Crippen LogP contribution in [0.2, 0.25) is 0 Å². The van der Waals surface area contributed by atoms with E-state index >= 15 is 0 Å². The fourth-order valence-corrected chi connectivity index (χ4v) is 1.58. The lowest BCUT2D eigenvalue weighted by Crippen LogP contribution is -2.21. The number of anilines is 1. The molecule has 0 unspecified atom stereocenters. The lowest BCUT2D eigenvalue weighted by Gasteiger charge is -2.23. The van der Waals surface area contributed by atoms with Crippen LogP contribution in [-0.4, -0.2) is 13.6 Å². The Morgan fingerprint density at radius 3 is 2.81 bits per heavy atom. The number of nitrogens with zero attached hydrogens (tertiary/aromatic N) is 2. The maximum atomic E-state index is 13.1. The summed E-state index contributed by atoms with van der Waals surface area (Å²) in [5, 5.41) is 8.52. The first kappa shape index (κ1) is 12.5. The minimum Gasteiger partial charge on any atom is -0.373 e. The van der Waals surface area contributed by atoms with Gasteiger partial charge in [-0.05, 0) is 30.7 Å². The van der Waals surface area contributed by atoms with Gasteiger partial charge in [0.15, 0.2) is 0 Å². The molecule has 1 rings (SSSR count). The molecule has 1 atom stereocenters. The van der Waals surface area contributed by atoms with Crippen molar-refractivity contribution in [3.63, 3.8) is 0 Å². The van der Waals surface area contributed by atoms with Gasteiger partial charge in [-0.1, -0.05) is 0 Å². The van der Waals surface area contributed by atoms with Crippen molar-refractivity contribution in [2.45, 2.75) is 19.4 Å². The van der Waals surface area contributed by atoms with Gasteiger partial charge in [0, 0.05) is 25.3 Å². The molecule has 0 radical (unpaired) electrons. The Morgan fingerprint density at radius 2 is 2.25 bits per heavy atom. The van der Waals surface area contributed by atoms with Crippen LogP contribution in [-0.2, 0) is 0 Å². The molecule has 0 heterocycles. The van der Waals surface area contributed by atoms with E-state index in [0.717, 1.165) is 11.3 Å². The van der Waals surface area contributed by atoms with Crippen LogP contribution in [0.3, 0.4) is 0 Å². The molecule has 0 saturated carbocycles. The van der Waals surface area contributed by atoms with Gasteiger partial charge < -0.3 is 10.6 Å². The Morgan fingerprint density at radius 1 is 1.56 bits per heavy atom. The summed E-state index contributed by atoms with van der Waals surface area (Å²) >= 11 is 0. The lowest BCUT2D eigenvalue weighted by molar-refractivity contribution is 0.622. The summed E-state index contributed by atoms with van der Waals surface area (Å²) in [4.78, 5) is 1.92. The van der Waals surface area contributed by atoms with E-state index in [1.807, 2.05) is 18.9 Å². The molecule has 1 aromatic rings. The van der Waals surface area contributed by atoms with Gasteiger partial charge in [0.2, 0.25) is 0 Å². The van der Waals surface area contributed by atoms with Crippen molar-refractivity contribution in [2.24, 2.45) is 5.73 Å². The summed E-state index contributed by atoms with van der Waals surface area (Å²) < 4.78 is 13.1. The summed E-state index contributed by atoms with van der Waals surface area (Å²) in [7, 11) is 1.87. The maximum Gasteiger partial charge on any atom is 0.123 e. The van der Waals surface area contributed by atoms with Crippen LogP contribution in [0.25, 0.3) is 0 Å². The van der Waals surface area contributed by atoms with Gasteiger partial charge in [0.1, 0.15) is 5.82 Å². The topological polar surface area (TPSA) is 53.0 Å². The first-order valence-electron chi connectivity index (χ1n) is 5.19. The average Bonchev–Trinajstić information content (AvgIpc) is 2.25. The highest BCUT2D eigenvalue weighted by atomic mass is 19.1. The zero-order chi connectivity index (χ0) is 12.1. The molecule has 86 valence electrons. The Kier molecular flexibility index (Phi) is 4.27. The minimum atomic E-state index is -0.287. The number of hydrogen-bond donors (Lipinski definition) is 1. The predicted octanol–water partition coefficient (Wildman–Crippen LogP) is 2.20. The highest BCUT2D eigenvalue weighted by Gasteiger charge is 2.11. The first-order chi connectivity index (χ1) is 7.56. The largest absolute Gasteiger partial charge is 0.373 e. The Bertz CT molecular complexity index is 396. The number of halogens is 1. The van der Waals surface area contributed by atoms with E-state index in [1.54, 1.807) is 6.07 Å². The van der Waals surface area contributed by atoms with E-state index in [-0.39, 0.29) is 11.9 Å². The molecule has 0 spiro atoms. The summed E-state index contributed by atoms with van der Waals surface area (Å²) in [6, 6.07) is 6.41. The summed E-state index contributed by atoms with van der Waals surface area (Å²) in [6.45, 7) is 2.43. The molecule has 0 fully saturated rings. The number of rotatable bonds is 4. The average molecular weight is 221 g/mol. The second kappa shape index (κ2) is 5.47. The molecule has 3 nitrogen and oxygen atoms in total. The van der Waals surface area contributed by atoms with E-state index in [2.05, 4.69) is 6.07 Å². The molecule has 0 saturated heterocycles. The summed E-state index contributed by atoms with van der Waals surface area (Å²) in [5.74, 6) is -0.287. The van der Waals surface area contributed by atoms with Crippen molar-refractivity contribution in [1.82, 2.24) is 0 Å². The van der Waals surface area contributed by atoms with Crippen molar-refractivity contribution >= 4 is 5.69 Å². The number of hydrogen-bond acceptors (Lipinski definition) is 3. The summed E-state index contributed by atoms with van der Waals surface area (Å²) in [6.07, 6.45) is 0.437. The minimum absolute atomic E-state index is 0.227. The SMILES string of the molecule is C[C@@H](N)c1cc(F)ccc1N(C)CCC#N. The third-order valence-electron chi connectivity index (χ3n) is 2.45. The van der Waals surface area contributed by atoms with Crippen molar-refractivity contribution in [3.8, 4) is 6.07 Å². The predicted molar refractivity (Wildman–Crippen MR) is 62.5 cm³/mol. The quantitative estimate of drug-likeness (QED) is 0.848. The van der Waals surface area contributed by atoms with Crippen molar-refractivity contribution in [2.75, 3.05) is 18.5 Å². The summed E-state index contributed by atoms with van der Waals surface area (Å²) in [5.41, 5.74) is 7.44. The highest BCUT2D eigenvalue weighted by Crippen LogP contribution is 2.25. The van der Waals surface area contributed by atoms with E-state index in [9.17, 15) is 4.39 Å². The van der Waals surface area contributed by atoms with Gasteiger partial charge in [0.25, 0.3) is 0 Å². The lowest BCUT2D eigenvalue weighted by atomic mass is 10.1. The van der Waals surface area contributed by atoms with Crippen LogP contribution in [0.4, 0.5) is 10.1 Å². The first-order valence-corrected chi connectivity index (χ1v) is 5.19. The molecular weight excluding hydrogens is 205 g/mol. The number of nitriles is 1. The van der Waals surface area contributed by atoms with Crippen LogP contribution in [0, 0.1) is 17.1 Å². The standard InChI is InChI=1S/C12H16FN3/c1-9(15)11-8-10(13)4-5-12(11)16(2)7-3-6-14/h4-5,8-9H,3,7,15H2,1-2H3/t9-/m1/s1. The number of nitrogens with two attached hydrogens (primary N) is 1. The van der Waals surface area contributed by atoms with Gasteiger partial charge in [-0.3, -0.25) is 0 Å². The van der Waals surface area contributed by atoms with Gasteiger partial charge in [0.05, 0.1) is 12.5 Å². The zero-order valence-electron chi connectivity index (χ0n) is 9.57. The van der Waals surface area contributed by atoms with Gasteiger partial charge in [-0.25, -0.2) is 4.39 Å². The highest BCUT2D eigenvalue weighted by molar-refractivity contribution is 5.54. The number of benzene rings is 1. The third-order valence-corrected chi connectivity index (χ3v) is 2.45. The molecule has 0 bridgehead atoms. The van der Waals surface area contributed by atoms with Crippen LogP contribution >= 0.6 is 0 Å². The molecule has 16 heavy (non-hydrogen) atoms. The third kappa shape index (κ3) is 2.94. The molecule has 4 heteroatoms. The fraction of sp³-hybridized carbons (Fsp3) is 0.417. The van der Waals surface area contributed by atoms with E-state index in [0.29, 0.717) is 13.0 Å². The van der Waals surface area contributed by atoms with Gasteiger partial charge >= 0.3 is 0 Å². The zero-order valence-corrected chi connectivity index (χ0v) is 9.57. The van der Waals surface area contributed by atoms with Crippen molar-refractivity contribution in [1.29, 1.82) is 5.26 Å². The normalized spacial score (nSPS) is 11.9. The second-order valence-corrected chi connectivity index (χ2v) is 3.82. The Labute approximate surface area is 95.3 Å². The van der Waals surface area contributed by atoms with Gasteiger partial charge in [-0.2, -0.15) is 5.26 Å². The van der Waals surface area contributed by atoms with Crippen LogP contribution in [0.15, 0.2) is 18.2 Å². The molecule has 0 aliphatic heterocycles. The van der Waals surface area contributed by atoms with Crippen LogP contribution < -0.4 is 10.6 Å².